The summed E-state index contributed by atoms with van der Waals surface area (Å²) in [4.78, 5) is 47.0. The summed E-state index contributed by atoms with van der Waals surface area (Å²) in [7, 11) is 1.69. The molecule has 11 rings (SSSR count). The molecule has 0 radical (unpaired) electrons. The molecule has 328 valence electrons. The minimum absolute atomic E-state index is 0.104. The van der Waals surface area contributed by atoms with Crippen molar-refractivity contribution in [3.05, 3.63) is 111 Å². The topological polar surface area (TPSA) is 115 Å². The molecule has 63 heavy (non-hydrogen) atoms. The van der Waals surface area contributed by atoms with E-state index in [0.717, 1.165) is 104 Å². The Bertz CT molecular complexity index is 2500. The second-order valence-corrected chi connectivity index (χ2v) is 19.4. The first-order chi connectivity index (χ1) is 30.6. The minimum Gasteiger partial charge on any atom is -0.508 e. The first kappa shape index (κ1) is 40.2. The number of benzene rings is 4. The van der Waals surface area contributed by atoms with Crippen molar-refractivity contribution in [2.75, 3.05) is 62.8 Å². The van der Waals surface area contributed by atoms with E-state index in [2.05, 4.69) is 50.3 Å². The smallest absolute Gasteiger partial charge is 0.255 e. The number of phenolic OH excluding ortho intramolecular Hbond substituents is 1. The van der Waals surface area contributed by atoms with Crippen LogP contribution in [0.1, 0.15) is 101 Å². The summed E-state index contributed by atoms with van der Waals surface area (Å²) in [5.74, 6) is 1.36. The average molecular weight is 854 g/mol. The second-order valence-electron chi connectivity index (χ2n) is 19.4. The van der Waals surface area contributed by atoms with Crippen molar-refractivity contribution in [2.45, 2.75) is 88.8 Å². The molecule has 0 bridgehead atoms. The fourth-order valence-corrected chi connectivity index (χ4v) is 12.8. The first-order valence-corrected chi connectivity index (χ1v) is 23.0. The largest absolute Gasteiger partial charge is 0.508 e. The Morgan fingerprint density at radius 1 is 0.905 bits per heavy atom. The number of imide groups is 1. The van der Waals surface area contributed by atoms with Gasteiger partial charge in [-0.2, -0.15) is 0 Å². The SMILES string of the molecule is COc1cc(N2CCC3(CC2)CC(CN2CCN4c5cc(C)c6c(c5OC[C@H]4C2)CN([C@H]2CCC(=O)NC2=O)C6=O)C3)c(F)cc1[C@@H]1c2ccc(O)cc2CC[C@@H]1c1ccccc1. The lowest BCUT2D eigenvalue weighted by Crippen LogP contribution is -2.59. The molecule has 1 saturated carbocycles. The van der Waals surface area contributed by atoms with Gasteiger partial charge < -0.3 is 29.3 Å². The van der Waals surface area contributed by atoms with Crippen LogP contribution in [0, 0.1) is 24.1 Å². The van der Waals surface area contributed by atoms with Crippen molar-refractivity contribution < 1.29 is 33.4 Å². The number of halogens is 1. The number of amides is 3. The van der Waals surface area contributed by atoms with Crippen LogP contribution >= 0.6 is 0 Å². The summed E-state index contributed by atoms with van der Waals surface area (Å²) in [6, 6.07) is 21.4. The molecule has 0 unspecified atom stereocenters. The van der Waals surface area contributed by atoms with Crippen molar-refractivity contribution in [2.24, 2.45) is 11.3 Å². The molecule has 11 nitrogen and oxygen atoms in total. The van der Waals surface area contributed by atoms with Crippen LogP contribution in [0.3, 0.4) is 0 Å². The third-order valence-electron chi connectivity index (χ3n) is 15.8. The van der Waals surface area contributed by atoms with Crippen LogP contribution in [0.15, 0.2) is 66.7 Å². The third-order valence-corrected chi connectivity index (χ3v) is 15.8. The summed E-state index contributed by atoms with van der Waals surface area (Å²) in [6.07, 6.45) is 6.83. The maximum atomic E-state index is 16.5. The van der Waals surface area contributed by atoms with Crippen LogP contribution < -0.4 is 24.6 Å². The Morgan fingerprint density at radius 2 is 1.71 bits per heavy atom. The molecule has 0 aromatic heterocycles. The number of hydrogen-bond acceptors (Lipinski definition) is 9. The van der Waals surface area contributed by atoms with E-state index in [9.17, 15) is 19.5 Å². The first-order valence-electron chi connectivity index (χ1n) is 23.0. The number of hydrogen-bond donors (Lipinski definition) is 2. The summed E-state index contributed by atoms with van der Waals surface area (Å²) in [6.45, 7) is 8.31. The van der Waals surface area contributed by atoms with Crippen molar-refractivity contribution >= 4 is 29.1 Å². The zero-order chi connectivity index (χ0) is 43.1. The highest BCUT2D eigenvalue weighted by molar-refractivity contribution is 6.07. The standard InChI is InChI=1S/C51H56FN5O6/c1-30-20-43-48(39-28-57(50(61)46(30)39)41-12-13-45(59)53-49(41)60)63-29-34-27-54(18-19-56(34)43)26-31-24-51(25-31)14-16-55(17-15-51)42-23-44(62-2)38(22-40(42)52)47-36(32-6-4-3-5-7-32)10-8-33-21-35(58)9-11-37(33)47/h3-7,9,11,20-23,31,34,36,41,47,58H,8,10,12-19,24-29H2,1-2H3,(H,53,59,60)/t34-,36-,41+,47+/m1/s1. The predicted molar refractivity (Wildman–Crippen MR) is 237 cm³/mol. The molecule has 2 aliphatic carbocycles. The van der Waals surface area contributed by atoms with Gasteiger partial charge in [0.15, 0.2) is 0 Å². The molecule has 7 aliphatic rings. The van der Waals surface area contributed by atoms with Gasteiger partial charge in [0.1, 0.15) is 35.7 Å². The molecule has 4 atom stereocenters. The molecular formula is C51H56FN5O6. The van der Waals surface area contributed by atoms with Crippen molar-refractivity contribution in [3.8, 4) is 17.2 Å². The lowest BCUT2D eigenvalue weighted by atomic mass is 9.57. The molecule has 4 aromatic carbocycles. The molecule has 2 N–H and O–H groups in total. The number of rotatable bonds is 7. The van der Waals surface area contributed by atoms with E-state index in [4.69, 9.17) is 9.47 Å². The van der Waals surface area contributed by atoms with Crippen molar-refractivity contribution in [1.82, 2.24) is 15.1 Å². The van der Waals surface area contributed by atoms with E-state index in [1.807, 2.05) is 31.2 Å². The van der Waals surface area contributed by atoms with Gasteiger partial charge in [-0.1, -0.05) is 36.4 Å². The number of fused-ring (bicyclic) bond motifs is 6. The maximum absolute atomic E-state index is 16.5. The number of anilines is 2. The Morgan fingerprint density at radius 3 is 2.49 bits per heavy atom. The van der Waals surface area contributed by atoms with E-state index in [-0.39, 0.29) is 47.7 Å². The maximum Gasteiger partial charge on any atom is 0.255 e. The monoisotopic (exact) mass is 853 g/mol. The highest BCUT2D eigenvalue weighted by atomic mass is 19.1. The highest BCUT2D eigenvalue weighted by Crippen LogP contribution is 2.55. The molecule has 4 fully saturated rings. The number of phenols is 1. The molecule has 5 aliphatic heterocycles. The second kappa shape index (κ2) is 15.6. The van der Waals surface area contributed by atoms with Gasteiger partial charge in [-0.15, -0.1) is 0 Å². The Hall–Kier alpha value is -5.62. The molecule has 3 saturated heterocycles. The number of methoxy groups -OCH3 is 1. The van der Waals surface area contributed by atoms with E-state index in [0.29, 0.717) is 47.9 Å². The van der Waals surface area contributed by atoms with Crippen LogP contribution in [0.2, 0.25) is 0 Å². The fourth-order valence-electron chi connectivity index (χ4n) is 12.8. The molecule has 5 heterocycles. The fraction of sp³-hybridized carbons (Fsp3) is 0.471. The van der Waals surface area contributed by atoms with Crippen LogP contribution in [0.25, 0.3) is 0 Å². The lowest BCUT2D eigenvalue weighted by molar-refractivity contribution is -0.136. The van der Waals surface area contributed by atoms with Gasteiger partial charge in [0.05, 0.1) is 36.6 Å². The Kier molecular flexibility index (Phi) is 9.93. The molecule has 1 spiro atoms. The van der Waals surface area contributed by atoms with Crippen LogP contribution in [0.5, 0.6) is 17.2 Å². The zero-order valence-electron chi connectivity index (χ0n) is 36.2. The van der Waals surface area contributed by atoms with Gasteiger partial charge in [0.25, 0.3) is 5.91 Å². The van der Waals surface area contributed by atoms with Gasteiger partial charge in [0, 0.05) is 68.8 Å². The number of carbonyl (C=O) groups is 3. The van der Waals surface area contributed by atoms with Gasteiger partial charge in [-0.25, -0.2) is 4.39 Å². The van der Waals surface area contributed by atoms with Crippen LogP contribution in [0.4, 0.5) is 15.8 Å². The summed E-state index contributed by atoms with van der Waals surface area (Å²) in [5.41, 5.74) is 8.66. The summed E-state index contributed by atoms with van der Waals surface area (Å²) >= 11 is 0. The normalized spacial score (nSPS) is 25.4. The number of carbonyl (C=O) groups excluding carboxylic acids is 3. The third kappa shape index (κ3) is 6.91. The van der Waals surface area contributed by atoms with Crippen LogP contribution in [-0.2, 0) is 22.6 Å². The van der Waals surface area contributed by atoms with Crippen LogP contribution in [-0.4, -0.2) is 97.7 Å². The number of piperidine rings is 2. The van der Waals surface area contributed by atoms with Gasteiger partial charge in [-0.05, 0) is 116 Å². The number of aromatic hydroxyl groups is 1. The minimum atomic E-state index is -0.654. The number of aryl methyl sites for hydroxylation is 2. The van der Waals surface area contributed by atoms with Crippen molar-refractivity contribution in [1.29, 1.82) is 0 Å². The van der Waals surface area contributed by atoms with Gasteiger partial charge >= 0.3 is 0 Å². The van der Waals surface area contributed by atoms with Gasteiger partial charge in [-0.3, -0.25) is 24.6 Å². The number of nitrogens with one attached hydrogen (secondary N) is 1. The summed E-state index contributed by atoms with van der Waals surface area (Å²) < 4.78 is 29.1. The molecule has 12 heteroatoms. The Labute approximate surface area is 368 Å². The van der Waals surface area contributed by atoms with E-state index < -0.39 is 11.9 Å². The van der Waals surface area contributed by atoms with E-state index in [1.165, 1.54) is 18.4 Å². The number of ether oxygens (including phenoxy) is 2. The van der Waals surface area contributed by atoms with E-state index in [1.54, 1.807) is 24.1 Å². The molecule has 3 amide bonds. The van der Waals surface area contributed by atoms with Crippen molar-refractivity contribution in [3.63, 3.8) is 0 Å². The predicted octanol–water partition coefficient (Wildman–Crippen LogP) is 7.05. The highest BCUT2D eigenvalue weighted by Gasteiger charge is 2.48. The average Bonchev–Trinajstić information content (AvgIpc) is 3.62. The van der Waals surface area contributed by atoms with Gasteiger partial charge in [0.2, 0.25) is 11.8 Å². The van der Waals surface area contributed by atoms with E-state index >= 15 is 4.39 Å². The molecule has 4 aromatic rings. The zero-order valence-corrected chi connectivity index (χ0v) is 36.2. The lowest BCUT2D eigenvalue weighted by Gasteiger charge is -2.54. The Balaban J connectivity index is 0.722. The quantitative estimate of drug-likeness (QED) is 0.189. The molecular weight excluding hydrogens is 798 g/mol. The number of nitrogens with zero attached hydrogens (tertiary/aromatic N) is 4. The number of piperazine rings is 1. The summed E-state index contributed by atoms with van der Waals surface area (Å²) in [5, 5.41) is 12.7.